The summed E-state index contributed by atoms with van der Waals surface area (Å²) in [6.45, 7) is 7.66. The fourth-order valence-corrected chi connectivity index (χ4v) is 6.78. The summed E-state index contributed by atoms with van der Waals surface area (Å²) in [4.78, 5) is 35.1. The third kappa shape index (κ3) is 6.84. The topological polar surface area (TPSA) is 110 Å². The Kier molecular flexibility index (Phi) is 8.63. The molecule has 1 amide bonds. The first kappa shape index (κ1) is 29.1. The summed E-state index contributed by atoms with van der Waals surface area (Å²) in [5, 5.41) is 22.2. The number of carboxylic acid groups (broad SMARTS) is 1. The highest BCUT2D eigenvalue weighted by atomic mass is 32.1. The second-order valence-corrected chi connectivity index (χ2v) is 12.7. The Hall–Kier alpha value is -3.94. The average Bonchev–Trinajstić information content (AvgIpc) is 3.76. The number of nitriles is 1. The number of benzene rings is 2. The van der Waals surface area contributed by atoms with Crippen molar-refractivity contribution in [3.05, 3.63) is 64.0 Å². The van der Waals surface area contributed by atoms with Crippen LogP contribution in [0, 0.1) is 30.1 Å². The molecule has 2 saturated heterocycles. The number of aromatic nitrogens is 1. The Bertz CT molecular complexity index is 1530. The lowest BCUT2D eigenvalue weighted by molar-refractivity contribution is -0.142. The van der Waals surface area contributed by atoms with Gasteiger partial charge in [0.25, 0.3) is 0 Å². The second kappa shape index (κ2) is 12.7. The van der Waals surface area contributed by atoms with Gasteiger partial charge < -0.3 is 19.6 Å². The number of carboxylic acids is 1. The van der Waals surface area contributed by atoms with Crippen LogP contribution in [0.5, 0.6) is 5.75 Å². The highest BCUT2D eigenvalue weighted by Gasteiger charge is 2.34. The van der Waals surface area contributed by atoms with E-state index in [1.165, 1.54) is 0 Å². The summed E-state index contributed by atoms with van der Waals surface area (Å²) in [7, 11) is 0. The van der Waals surface area contributed by atoms with E-state index in [0.29, 0.717) is 43.2 Å². The number of carbonyl (C=O) groups excluding carboxylic acids is 1. The van der Waals surface area contributed by atoms with E-state index in [1.54, 1.807) is 11.3 Å². The van der Waals surface area contributed by atoms with Gasteiger partial charge in [0.15, 0.2) is 5.13 Å². The van der Waals surface area contributed by atoms with Crippen LogP contribution in [0.4, 0.5) is 5.13 Å². The van der Waals surface area contributed by atoms with Crippen LogP contribution in [-0.2, 0) is 22.7 Å². The maximum absolute atomic E-state index is 12.4. The third-order valence-electron chi connectivity index (χ3n) is 8.71. The minimum Gasteiger partial charge on any atom is -0.488 e. The molecule has 0 spiro atoms. The van der Waals surface area contributed by atoms with Gasteiger partial charge in [-0.15, -0.1) is 11.3 Å². The van der Waals surface area contributed by atoms with Gasteiger partial charge in [0.1, 0.15) is 12.4 Å². The lowest BCUT2D eigenvalue weighted by atomic mass is 9.97. The molecule has 6 rings (SSSR count). The Labute approximate surface area is 256 Å². The van der Waals surface area contributed by atoms with Gasteiger partial charge in [0, 0.05) is 68.2 Å². The first-order valence-corrected chi connectivity index (χ1v) is 16.0. The molecule has 0 radical (unpaired) electrons. The number of ether oxygens (including phenoxy) is 1. The van der Waals surface area contributed by atoms with Gasteiger partial charge in [-0.25, -0.2) is 4.98 Å². The van der Waals surface area contributed by atoms with E-state index in [9.17, 15) is 20.0 Å². The maximum atomic E-state index is 12.4. The molecule has 2 aliphatic heterocycles. The highest BCUT2D eigenvalue weighted by Crippen LogP contribution is 2.36. The molecule has 3 aromatic rings. The van der Waals surface area contributed by atoms with Crippen LogP contribution >= 0.6 is 11.3 Å². The minimum absolute atomic E-state index is 0.265. The molecular formula is C33H37N5O4S. The number of aryl methyl sites for hydroxylation is 1. The molecule has 3 heterocycles. The van der Waals surface area contributed by atoms with Gasteiger partial charge in [-0.2, -0.15) is 5.26 Å². The number of piperazine rings is 1. The molecule has 3 aliphatic rings. The highest BCUT2D eigenvalue weighted by molar-refractivity contribution is 7.14. The molecule has 1 saturated carbocycles. The van der Waals surface area contributed by atoms with Crippen molar-refractivity contribution in [3.8, 4) is 23.1 Å². The molecule has 10 heteroatoms. The van der Waals surface area contributed by atoms with Crippen molar-refractivity contribution in [3.63, 3.8) is 0 Å². The van der Waals surface area contributed by atoms with Crippen LogP contribution in [0.3, 0.4) is 0 Å². The molecule has 0 unspecified atom stereocenters. The number of rotatable bonds is 9. The smallest absolute Gasteiger partial charge is 0.306 e. The van der Waals surface area contributed by atoms with Crippen LogP contribution < -0.4 is 9.64 Å². The zero-order chi connectivity index (χ0) is 29.9. The van der Waals surface area contributed by atoms with Gasteiger partial charge >= 0.3 is 5.97 Å². The zero-order valence-electron chi connectivity index (χ0n) is 24.5. The number of nitrogens with zero attached hydrogens (tertiary/aromatic N) is 5. The Balaban J connectivity index is 1.09. The SMILES string of the molecule is Cc1ccc(OCc2ccc(CN3CCN(C(=O)C4CC4)CC3)cc2C#N)c(-c2csc(N3CCC(C(=O)O)CC3)n2)c1. The van der Waals surface area contributed by atoms with E-state index < -0.39 is 5.97 Å². The number of piperidine rings is 1. The van der Waals surface area contributed by atoms with Crippen molar-refractivity contribution < 1.29 is 19.4 Å². The molecule has 0 bridgehead atoms. The van der Waals surface area contributed by atoms with Crippen LogP contribution in [0.1, 0.15) is 47.9 Å². The second-order valence-electron chi connectivity index (χ2n) is 11.9. The number of hydrogen-bond acceptors (Lipinski definition) is 8. The van der Waals surface area contributed by atoms with Gasteiger partial charge in [-0.05, 0) is 56.4 Å². The Morgan fingerprint density at radius 2 is 1.79 bits per heavy atom. The van der Waals surface area contributed by atoms with Crippen molar-refractivity contribution >= 4 is 28.3 Å². The molecule has 3 fully saturated rings. The molecule has 0 atom stereocenters. The third-order valence-corrected chi connectivity index (χ3v) is 9.61. The van der Waals surface area contributed by atoms with E-state index in [4.69, 9.17) is 9.72 Å². The predicted molar refractivity (Wildman–Crippen MR) is 165 cm³/mol. The molecular weight excluding hydrogens is 562 g/mol. The monoisotopic (exact) mass is 599 g/mol. The van der Waals surface area contributed by atoms with Crippen molar-refractivity contribution in [1.82, 2.24) is 14.8 Å². The van der Waals surface area contributed by atoms with Crippen molar-refractivity contribution in [1.29, 1.82) is 5.26 Å². The lowest BCUT2D eigenvalue weighted by Crippen LogP contribution is -2.48. The van der Waals surface area contributed by atoms with Crippen molar-refractivity contribution in [2.45, 2.75) is 45.8 Å². The first-order chi connectivity index (χ1) is 20.9. The van der Waals surface area contributed by atoms with E-state index in [2.05, 4.69) is 28.0 Å². The number of aliphatic carboxylic acids is 1. The Morgan fingerprint density at radius 3 is 2.49 bits per heavy atom. The number of amides is 1. The fraction of sp³-hybridized carbons (Fsp3) is 0.455. The van der Waals surface area contributed by atoms with Crippen LogP contribution in [0.25, 0.3) is 11.3 Å². The van der Waals surface area contributed by atoms with Gasteiger partial charge in [0.05, 0.1) is 23.2 Å². The lowest BCUT2D eigenvalue weighted by Gasteiger charge is -2.35. The Morgan fingerprint density at radius 1 is 1.02 bits per heavy atom. The zero-order valence-corrected chi connectivity index (χ0v) is 25.3. The van der Waals surface area contributed by atoms with E-state index >= 15 is 0 Å². The summed E-state index contributed by atoms with van der Waals surface area (Å²) in [5.41, 5.74) is 5.35. The van der Waals surface area contributed by atoms with Crippen LogP contribution in [0.2, 0.25) is 0 Å². The number of carbonyl (C=O) groups is 2. The molecule has 224 valence electrons. The van der Waals surface area contributed by atoms with Gasteiger partial charge in [-0.1, -0.05) is 23.8 Å². The molecule has 1 aliphatic carbocycles. The first-order valence-electron chi connectivity index (χ1n) is 15.1. The van der Waals surface area contributed by atoms with Gasteiger partial charge in [-0.3, -0.25) is 14.5 Å². The molecule has 9 nitrogen and oxygen atoms in total. The average molecular weight is 600 g/mol. The van der Waals surface area contributed by atoms with E-state index in [0.717, 1.165) is 78.6 Å². The van der Waals surface area contributed by atoms with E-state index in [1.807, 2.05) is 41.5 Å². The van der Waals surface area contributed by atoms with Crippen LogP contribution in [-0.4, -0.2) is 71.0 Å². The molecule has 1 N–H and O–H groups in total. The summed E-state index contributed by atoms with van der Waals surface area (Å²) in [6, 6.07) is 14.4. The fourth-order valence-electron chi connectivity index (χ4n) is 5.90. The van der Waals surface area contributed by atoms with Crippen LogP contribution in [0.15, 0.2) is 41.8 Å². The standard InChI is InChI=1S/C33H37N5O4S/c1-22-2-7-30(28(16-22)29-21-43-33(35-29)38-10-8-25(9-11-38)32(40)41)42-20-26-4-3-23(17-27(26)18-34)19-36-12-14-37(15-13-36)31(39)24-5-6-24/h2-4,7,16-17,21,24-25H,5-6,8-15,19-20H2,1H3,(H,40,41). The summed E-state index contributed by atoms with van der Waals surface area (Å²) < 4.78 is 6.31. The summed E-state index contributed by atoms with van der Waals surface area (Å²) in [6.07, 6.45) is 3.33. The summed E-state index contributed by atoms with van der Waals surface area (Å²) in [5.74, 6) is 0.300. The quantitative estimate of drug-likeness (QED) is 0.369. The van der Waals surface area contributed by atoms with Crippen molar-refractivity contribution in [2.75, 3.05) is 44.2 Å². The van der Waals surface area contributed by atoms with E-state index in [-0.39, 0.29) is 18.4 Å². The molecule has 43 heavy (non-hydrogen) atoms. The number of thiazole rings is 1. The number of hydrogen-bond donors (Lipinski definition) is 1. The summed E-state index contributed by atoms with van der Waals surface area (Å²) >= 11 is 1.56. The van der Waals surface area contributed by atoms with Gasteiger partial charge in [0.2, 0.25) is 5.91 Å². The normalized spacial score (nSPS) is 18.0. The minimum atomic E-state index is -0.716. The van der Waals surface area contributed by atoms with Crippen molar-refractivity contribution in [2.24, 2.45) is 11.8 Å². The maximum Gasteiger partial charge on any atom is 0.306 e. The molecule has 2 aromatic carbocycles. The predicted octanol–water partition coefficient (Wildman–Crippen LogP) is 4.92. The number of anilines is 1. The largest absolute Gasteiger partial charge is 0.488 e. The molecule has 1 aromatic heterocycles.